The summed E-state index contributed by atoms with van der Waals surface area (Å²) in [6.45, 7) is 7.39. The van der Waals surface area contributed by atoms with Crippen LogP contribution in [0.1, 0.15) is 81.4 Å². The molecule has 0 amide bonds. The lowest BCUT2D eigenvalue weighted by Crippen LogP contribution is -2.31. The van der Waals surface area contributed by atoms with Crippen molar-refractivity contribution in [1.29, 1.82) is 0 Å². The van der Waals surface area contributed by atoms with Gasteiger partial charge in [0.05, 0.1) is 0 Å². The smallest absolute Gasteiger partial charge is 0.374 e. The van der Waals surface area contributed by atoms with E-state index < -0.39 is 5.97 Å². The van der Waals surface area contributed by atoms with Crippen LogP contribution in [0.4, 0.5) is 5.82 Å². The highest BCUT2D eigenvalue weighted by atomic mass is 16.4. The van der Waals surface area contributed by atoms with E-state index in [1.165, 1.54) is 56.9 Å². The molecule has 186 valence electrons. The van der Waals surface area contributed by atoms with Crippen LogP contribution in [0.2, 0.25) is 0 Å². The lowest BCUT2D eigenvalue weighted by Gasteiger charge is -2.32. The van der Waals surface area contributed by atoms with Crippen molar-refractivity contribution in [3.05, 3.63) is 35.7 Å². The molecule has 1 atom stereocenters. The Hall–Kier alpha value is -2.96. The molecule has 2 aliphatic rings. The van der Waals surface area contributed by atoms with E-state index in [9.17, 15) is 9.90 Å². The van der Waals surface area contributed by atoms with Crippen LogP contribution < -0.4 is 5.32 Å². The quantitative estimate of drug-likeness (QED) is 0.396. The van der Waals surface area contributed by atoms with Gasteiger partial charge in [0, 0.05) is 18.2 Å². The molecule has 3 aromatic rings. The molecule has 1 unspecified atom stereocenters. The second-order valence-corrected chi connectivity index (χ2v) is 10.7. The number of aromatic nitrogens is 4. The van der Waals surface area contributed by atoms with Crippen molar-refractivity contribution >= 4 is 23.0 Å². The number of nitrogens with zero attached hydrogens (tertiary/aromatic N) is 4. The summed E-state index contributed by atoms with van der Waals surface area (Å²) in [6.07, 6.45) is 9.88. The van der Waals surface area contributed by atoms with E-state index in [4.69, 9.17) is 4.98 Å². The molecule has 2 aromatic heterocycles. The number of anilines is 1. The SMILES string of the molecule is CCC1CCC(Cn2c(-c3cccc(C)c3)nc3nc(C(=O)O)nc(NC(C)C4CCC4)c32)CC1. The average molecular weight is 476 g/mol. The van der Waals surface area contributed by atoms with Gasteiger partial charge in [0.1, 0.15) is 11.3 Å². The highest BCUT2D eigenvalue weighted by Gasteiger charge is 2.29. The van der Waals surface area contributed by atoms with E-state index in [-0.39, 0.29) is 11.9 Å². The zero-order valence-corrected chi connectivity index (χ0v) is 21.1. The number of carboxylic acid groups (broad SMARTS) is 1. The normalized spacial score (nSPS) is 21.6. The molecule has 2 fully saturated rings. The first-order valence-electron chi connectivity index (χ1n) is 13.3. The van der Waals surface area contributed by atoms with Gasteiger partial charge in [-0.3, -0.25) is 0 Å². The Balaban J connectivity index is 1.62. The summed E-state index contributed by atoms with van der Waals surface area (Å²) in [4.78, 5) is 25.7. The van der Waals surface area contributed by atoms with Crippen molar-refractivity contribution in [2.24, 2.45) is 17.8 Å². The molecule has 7 heteroatoms. The topological polar surface area (TPSA) is 92.9 Å². The zero-order chi connectivity index (χ0) is 24.5. The fourth-order valence-electron chi connectivity index (χ4n) is 5.77. The van der Waals surface area contributed by atoms with Crippen LogP contribution in [0.15, 0.2) is 24.3 Å². The number of fused-ring (bicyclic) bond motifs is 1. The van der Waals surface area contributed by atoms with Gasteiger partial charge in [-0.2, -0.15) is 0 Å². The van der Waals surface area contributed by atoms with Crippen LogP contribution >= 0.6 is 0 Å². The molecule has 2 heterocycles. The molecule has 0 aliphatic heterocycles. The number of hydrogen-bond donors (Lipinski definition) is 2. The molecule has 2 N–H and O–H groups in total. The third-order valence-electron chi connectivity index (χ3n) is 8.28. The van der Waals surface area contributed by atoms with Crippen molar-refractivity contribution in [3.8, 4) is 11.4 Å². The highest BCUT2D eigenvalue weighted by molar-refractivity contribution is 5.92. The Bertz CT molecular complexity index is 1210. The molecular formula is C28H37N5O2. The van der Waals surface area contributed by atoms with E-state index in [1.54, 1.807) is 0 Å². The molecule has 2 aliphatic carbocycles. The summed E-state index contributed by atoms with van der Waals surface area (Å²) in [6, 6.07) is 8.56. The van der Waals surface area contributed by atoms with Gasteiger partial charge in [-0.05, 0) is 63.4 Å². The minimum absolute atomic E-state index is 0.204. The van der Waals surface area contributed by atoms with Gasteiger partial charge in [0.25, 0.3) is 0 Å². The van der Waals surface area contributed by atoms with Crippen molar-refractivity contribution in [2.75, 3.05) is 5.32 Å². The van der Waals surface area contributed by atoms with Crippen LogP contribution in [-0.2, 0) is 6.54 Å². The fourth-order valence-corrected chi connectivity index (χ4v) is 5.77. The lowest BCUT2D eigenvalue weighted by atomic mass is 9.80. The maximum Gasteiger partial charge on any atom is 0.374 e. The van der Waals surface area contributed by atoms with Gasteiger partial charge in [0.2, 0.25) is 5.82 Å². The minimum atomic E-state index is -1.13. The Kier molecular flexibility index (Phi) is 6.76. The van der Waals surface area contributed by atoms with Crippen molar-refractivity contribution in [1.82, 2.24) is 19.5 Å². The number of carboxylic acids is 1. The Morgan fingerprint density at radius 2 is 1.86 bits per heavy atom. The first kappa shape index (κ1) is 23.8. The van der Waals surface area contributed by atoms with Gasteiger partial charge in [-0.15, -0.1) is 0 Å². The maximum absolute atomic E-state index is 11.9. The van der Waals surface area contributed by atoms with E-state index >= 15 is 0 Å². The number of aromatic carboxylic acids is 1. The van der Waals surface area contributed by atoms with Gasteiger partial charge in [-0.25, -0.2) is 19.7 Å². The molecule has 7 nitrogen and oxygen atoms in total. The van der Waals surface area contributed by atoms with E-state index in [2.05, 4.69) is 58.8 Å². The Morgan fingerprint density at radius 1 is 1.11 bits per heavy atom. The van der Waals surface area contributed by atoms with Crippen LogP contribution in [0.25, 0.3) is 22.6 Å². The first-order valence-corrected chi connectivity index (χ1v) is 13.3. The number of benzene rings is 1. The van der Waals surface area contributed by atoms with E-state index in [0.717, 1.165) is 29.4 Å². The van der Waals surface area contributed by atoms with Crippen LogP contribution in [-0.4, -0.2) is 36.6 Å². The molecule has 5 rings (SSSR count). The monoisotopic (exact) mass is 475 g/mol. The van der Waals surface area contributed by atoms with Gasteiger partial charge in [-0.1, -0.05) is 56.4 Å². The van der Waals surface area contributed by atoms with Gasteiger partial charge >= 0.3 is 5.97 Å². The maximum atomic E-state index is 11.9. The molecule has 0 saturated heterocycles. The third-order valence-corrected chi connectivity index (χ3v) is 8.28. The van der Waals surface area contributed by atoms with E-state index in [0.29, 0.717) is 23.3 Å². The summed E-state index contributed by atoms with van der Waals surface area (Å²) < 4.78 is 2.27. The molecule has 35 heavy (non-hydrogen) atoms. The summed E-state index contributed by atoms with van der Waals surface area (Å²) >= 11 is 0. The fraction of sp³-hybridized carbons (Fsp3) is 0.571. The first-order chi connectivity index (χ1) is 16.9. The number of hydrogen-bond acceptors (Lipinski definition) is 5. The molecule has 0 bridgehead atoms. The van der Waals surface area contributed by atoms with Crippen LogP contribution in [0.3, 0.4) is 0 Å². The molecular weight excluding hydrogens is 438 g/mol. The van der Waals surface area contributed by atoms with Gasteiger partial charge < -0.3 is 15.0 Å². The number of nitrogens with one attached hydrogen (secondary N) is 1. The second-order valence-electron chi connectivity index (χ2n) is 10.7. The van der Waals surface area contributed by atoms with Crippen molar-refractivity contribution in [2.45, 2.75) is 84.7 Å². The standard InChI is InChI=1S/C28H37N5O2/c1-4-19-11-13-20(14-12-19)16-33-23-24(29-18(3)21-8-6-9-21)30-26(28(34)35)31-25(23)32-27(33)22-10-5-7-17(2)15-22/h5,7,10,15,18-21H,4,6,8-9,11-14,16H2,1-3H3,(H,34,35)(H,29,30,31). The molecule has 2 saturated carbocycles. The molecule has 1 aromatic carbocycles. The summed E-state index contributed by atoms with van der Waals surface area (Å²) in [7, 11) is 0. The van der Waals surface area contributed by atoms with Crippen LogP contribution in [0, 0.1) is 24.7 Å². The summed E-state index contributed by atoms with van der Waals surface area (Å²) in [5, 5.41) is 13.3. The Labute approximate surface area is 207 Å². The largest absolute Gasteiger partial charge is 0.475 e. The van der Waals surface area contributed by atoms with E-state index in [1.807, 2.05) is 6.07 Å². The third kappa shape index (κ3) is 4.91. The zero-order valence-electron chi connectivity index (χ0n) is 21.1. The van der Waals surface area contributed by atoms with Crippen molar-refractivity contribution in [3.63, 3.8) is 0 Å². The number of carbonyl (C=O) groups is 1. The predicted octanol–water partition coefficient (Wildman–Crippen LogP) is 6.32. The summed E-state index contributed by atoms with van der Waals surface area (Å²) in [5.74, 6) is 2.10. The lowest BCUT2D eigenvalue weighted by molar-refractivity contribution is 0.0684. The van der Waals surface area contributed by atoms with Crippen LogP contribution in [0.5, 0.6) is 0 Å². The van der Waals surface area contributed by atoms with Gasteiger partial charge in [0.15, 0.2) is 11.5 Å². The summed E-state index contributed by atoms with van der Waals surface area (Å²) in [5.41, 5.74) is 3.48. The van der Waals surface area contributed by atoms with Crippen molar-refractivity contribution < 1.29 is 9.90 Å². The molecule has 0 radical (unpaired) electrons. The number of rotatable bonds is 8. The second kappa shape index (κ2) is 9.96. The highest BCUT2D eigenvalue weighted by Crippen LogP contribution is 2.36. The molecule has 0 spiro atoms. The number of aryl methyl sites for hydroxylation is 1. The Morgan fingerprint density at radius 3 is 2.49 bits per heavy atom. The predicted molar refractivity (Wildman–Crippen MR) is 139 cm³/mol. The average Bonchev–Trinajstić information content (AvgIpc) is 3.17. The minimum Gasteiger partial charge on any atom is -0.475 e. The number of imidazole rings is 1.